The molecule has 0 aromatic heterocycles. The van der Waals surface area contributed by atoms with Gasteiger partial charge < -0.3 is 4.74 Å². The van der Waals surface area contributed by atoms with Gasteiger partial charge in [-0.1, -0.05) is 36.8 Å². The molecule has 6 heteroatoms. The molecule has 0 aliphatic carbocycles. The van der Waals surface area contributed by atoms with E-state index in [4.69, 9.17) is 4.74 Å². The van der Waals surface area contributed by atoms with Gasteiger partial charge in [0, 0.05) is 5.56 Å². The second-order valence-electron chi connectivity index (χ2n) is 5.05. The number of ether oxygens (including phenoxy) is 1. The summed E-state index contributed by atoms with van der Waals surface area (Å²) in [6, 6.07) is 14.0. The highest BCUT2D eigenvalue weighted by atomic mass is 32.2. The van der Waals surface area contributed by atoms with E-state index < -0.39 is 10.0 Å². The van der Waals surface area contributed by atoms with Crippen LogP contribution in [0.1, 0.15) is 24.5 Å². The molecule has 0 atom stereocenters. The Morgan fingerprint density at radius 3 is 2.48 bits per heavy atom. The minimum Gasteiger partial charge on any atom is -0.497 e. The van der Waals surface area contributed by atoms with Gasteiger partial charge in [0.1, 0.15) is 5.75 Å². The molecule has 0 saturated heterocycles. The van der Waals surface area contributed by atoms with Gasteiger partial charge in [-0.05, 0) is 37.6 Å². The quantitative estimate of drug-likeness (QED) is 0.653. The van der Waals surface area contributed by atoms with Gasteiger partial charge in [-0.15, -0.1) is 0 Å². The van der Waals surface area contributed by atoms with Crippen molar-refractivity contribution in [3.63, 3.8) is 0 Å². The van der Waals surface area contributed by atoms with Gasteiger partial charge in [0.15, 0.2) is 0 Å². The lowest BCUT2D eigenvalue weighted by Gasteiger charge is -2.08. The lowest BCUT2D eigenvalue weighted by molar-refractivity contribution is 0.414. The maximum absolute atomic E-state index is 12.3. The fourth-order valence-corrected chi connectivity index (χ4v) is 2.87. The first-order valence-corrected chi connectivity index (χ1v) is 8.74. The number of hydrogen-bond donors (Lipinski definition) is 1. The predicted molar refractivity (Wildman–Crippen MR) is 91.3 cm³/mol. The van der Waals surface area contributed by atoms with E-state index in [0.717, 1.165) is 11.1 Å². The molecular weight excluding hydrogens is 312 g/mol. The van der Waals surface area contributed by atoms with Crippen molar-refractivity contribution in [2.24, 2.45) is 5.10 Å². The third-order valence-corrected chi connectivity index (χ3v) is 4.59. The van der Waals surface area contributed by atoms with Crippen LogP contribution in [0.3, 0.4) is 0 Å². The molecule has 0 aliphatic heterocycles. The average molecular weight is 332 g/mol. The SMILES string of the molecule is CC/C(=N/NS(=O)(=O)c1ccc(C)cc1)c1cccc(OC)c1. The number of hydrazone groups is 1. The van der Waals surface area contributed by atoms with Crippen LogP contribution in [-0.4, -0.2) is 21.2 Å². The zero-order chi connectivity index (χ0) is 16.9. The van der Waals surface area contributed by atoms with E-state index in [1.54, 1.807) is 31.4 Å². The van der Waals surface area contributed by atoms with Gasteiger partial charge in [0.05, 0.1) is 17.7 Å². The molecule has 0 radical (unpaired) electrons. The van der Waals surface area contributed by atoms with E-state index in [0.29, 0.717) is 17.9 Å². The molecule has 0 spiro atoms. The molecule has 0 bridgehead atoms. The molecule has 0 unspecified atom stereocenters. The maximum Gasteiger partial charge on any atom is 0.276 e. The Kier molecular flexibility index (Phi) is 5.39. The van der Waals surface area contributed by atoms with Crippen LogP contribution in [0.4, 0.5) is 0 Å². The van der Waals surface area contributed by atoms with Crippen LogP contribution < -0.4 is 9.57 Å². The Balaban J connectivity index is 2.26. The zero-order valence-electron chi connectivity index (χ0n) is 13.4. The second-order valence-corrected chi connectivity index (χ2v) is 6.71. The van der Waals surface area contributed by atoms with Crippen LogP contribution >= 0.6 is 0 Å². The van der Waals surface area contributed by atoms with E-state index in [9.17, 15) is 8.42 Å². The maximum atomic E-state index is 12.3. The van der Waals surface area contributed by atoms with Crippen molar-refractivity contribution >= 4 is 15.7 Å². The molecular formula is C17H20N2O3S. The van der Waals surface area contributed by atoms with Gasteiger partial charge in [-0.3, -0.25) is 0 Å². The average Bonchev–Trinajstić information content (AvgIpc) is 2.56. The lowest BCUT2D eigenvalue weighted by Crippen LogP contribution is -2.20. The standard InChI is InChI=1S/C17H20N2O3S/c1-4-17(14-6-5-7-15(12-14)22-3)18-19-23(20,21)16-10-8-13(2)9-11-16/h5-12,19H,4H2,1-3H3/b18-17-. The van der Waals surface area contributed by atoms with Crippen molar-refractivity contribution in [2.45, 2.75) is 25.2 Å². The van der Waals surface area contributed by atoms with Crippen molar-refractivity contribution in [1.29, 1.82) is 0 Å². The van der Waals surface area contributed by atoms with Crippen LogP contribution in [0.5, 0.6) is 5.75 Å². The zero-order valence-corrected chi connectivity index (χ0v) is 14.2. The van der Waals surface area contributed by atoms with Gasteiger partial charge in [0.25, 0.3) is 10.0 Å². The van der Waals surface area contributed by atoms with E-state index in [1.807, 2.05) is 38.1 Å². The van der Waals surface area contributed by atoms with E-state index in [1.165, 1.54) is 0 Å². The number of nitrogens with one attached hydrogen (secondary N) is 1. The number of hydrogen-bond acceptors (Lipinski definition) is 4. The first-order chi connectivity index (χ1) is 11.0. The van der Waals surface area contributed by atoms with Crippen LogP contribution in [0, 0.1) is 6.92 Å². The fourth-order valence-electron chi connectivity index (χ4n) is 2.04. The largest absolute Gasteiger partial charge is 0.497 e. The summed E-state index contributed by atoms with van der Waals surface area (Å²) in [5.74, 6) is 0.699. The molecule has 2 aromatic rings. The molecule has 0 saturated carbocycles. The van der Waals surface area contributed by atoms with Gasteiger partial charge in [-0.25, -0.2) is 0 Å². The molecule has 1 N–H and O–H groups in total. The Hall–Kier alpha value is -2.34. The van der Waals surface area contributed by atoms with Crippen LogP contribution in [0.2, 0.25) is 0 Å². The van der Waals surface area contributed by atoms with Crippen molar-refractivity contribution < 1.29 is 13.2 Å². The number of rotatable bonds is 6. The van der Waals surface area contributed by atoms with Crippen LogP contribution in [0.25, 0.3) is 0 Å². The molecule has 2 aromatic carbocycles. The molecule has 0 fully saturated rings. The Morgan fingerprint density at radius 2 is 1.87 bits per heavy atom. The smallest absolute Gasteiger partial charge is 0.276 e. The molecule has 23 heavy (non-hydrogen) atoms. The minimum absolute atomic E-state index is 0.188. The summed E-state index contributed by atoms with van der Waals surface area (Å²) in [6.07, 6.45) is 0.587. The monoisotopic (exact) mass is 332 g/mol. The predicted octanol–water partition coefficient (Wildman–Crippen LogP) is 3.10. The molecule has 0 amide bonds. The number of nitrogens with zero attached hydrogens (tertiary/aromatic N) is 1. The summed E-state index contributed by atoms with van der Waals surface area (Å²) in [7, 11) is -2.09. The third kappa shape index (κ3) is 4.32. The van der Waals surface area contributed by atoms with Crippen molar-refractivity contribution in [3.05, 3.63) is 59.7 Å². The summed E-state index contributed by atoms with van der Waals surface area (Å²) < 4.78 is 29.7. The number of benzene rings is 2. The fraction of sp³-hybridized carbons (Fsp3) is 0.235. The van der Waals surface area contributed by atoms with Crippen LogP contribution in [-0.2, 0) is 10.0 Å². The number of sulfonamides is 1. The van der Waals surface area contributed by atoms with Gasteiger partial charge in [0.2, 0.25) is 0 Å². The van der Waals surface area contributed by atoms with Gasteiger partial charge >= 0.3 is 0 Å². The Bertz CT molecular complexity index is 797. The summed E-state index contributed by atoms with van der Waals surface area (Å²) in [6.45, 7) is 3.82. The second kappa shape index (κ2) is 7.28. The third-order valence-electron chi connectivity index (χ3n) is 3.37. The summed E-state index contributed by atoms with van der Waals surface area (Å²) in [5, 5.41) is 4.08. The molecule has 2 rings (SSSR count). The van der Waals surface area contributed by atoms with Crippen molar-refractivity contribution in [1.82, 2.24) is 4.83 Å². The normalized spacial score (nSPS) is 12.0. The Labute approximate surface area is 137 Å². The molecule has 0 aliphatic rings. The first-order valence-electron chi connectivity index (χ1n) is 7.25. The molecule has 122 valence electrons. The summed E-state index contributed by atoms with van der Waals surface area (Å²) >= 11 is 0. The van der Waals surface area contributed by atoms with E-state index in [-0.39, 0.29) is 4.90 Å². The highest BCUT2D eigenvalue weighted by molar-refractivity contribution is 7.89. The van der Waals surface area contributed by atoms with E-state index in [2.05, 4.69) is 9.93 Å². The highest BCUT2D eigenvalue weighted by Gasteiger charge is 2.13. The van der Waals surface area contributed by atoms with Crippen molar-refractivity contribution in [3.8, 4) is 5.75 Å². The highest BCUT2D eigenvalue weighted by Crippen LogP contribution is 2.15. The topological polar surface area (TPSA) is 67.8 Å². The van der Waals surface area contributed by atoms with Crippen molar-refractivity contribution in [2.75, 3.05) is 7.11 Å². The number of aryl methyl sites for hydroxylation is 1. The minimum atomic E-state index is -3.67. The molecule has 5 nitrogen and oxygen atoms in total. The first kappa shape index (κ1) is 17.0. The summed E-state index contributed by atoms with van der Waals surface area (Å²) in [4.78, 5) is 2.49. The van der Waals surface area contributed by atoms with E-state index >= 15 is 0 Å². The lowest BCUT2D eigenvalue weighted by atomic mass is 10.1. The molecule has 0 heterocycles. The summed E-state index contributed by atoms with van der Waals surface area (Å²) in [5.41, 5.74) is 2.45. The van der Waals surface area contributed by atoms with Gasteiger partial charge in [-0.2, -0.15) is 18.4 Å². The Morgan fingerprint density at radius 1 is 1.17 bits per heavy atom. The van der Waals surface area contributed by atoms with Crippen LogP contribution in [0.15, 0.2) is 58.5 Å². The number of methoxy groups -OCH3 is 1.